The first-order valence-electron chi connectivity index (χ1n) is 8.04. The van der Waals surface area contributed by atoms with Crippen LogP contribution in [-0.4, -0.2) is 42.6 Å². The Morgan fingerprint density at radius 2 is 1.73 bits per heavy atom. The Morgan fingerprint density at radius 1 is 1.15 bits per heavy atom. The zero-order chi connectivity index (χ0) is 19.4. The van der Waals surface area contributed by atoms with Gasteiger partial charge in [0, 0.05) is 19.5 Å². The SMILES string of the molecule is Cn1c(=O)c2c(nc([N+](=O)[O-])n2CC2(C)COC(C)(C)OC2)n(C)c1=O. The van der Waals surface area contributed by atoms with Crippen molar-refractivity contribution in [2.45, 2.75) is 33.1 Å². The maximum Gasteiger partial charge on any atom is 0.437 e. The molecule has 26 heavy (non-hydrogen) atoms. The quantitative estimate of drug-likeness (QED) is 0.558. The molecular formula is C15H21N5O6. The van der Waals surface area contributed by atoms with Crippen LogP contribution in [0.4, 0.5) is 5.95 Å². The van der Waals surface area contributed by atoms with Crippen LogP contribution in [0.25, 0.3) is 11.2 Å². The number of nitro groups is 1. The lowest BCUT2D eigenvalue weighted by Gasteiger charge is -2.40. The van der Waals surface area contributed by atoms with Gasteiger partial charge in [-0.15, -0.1) is 0 Å². The number of aromatic nitrogens is 4. The number of ether oxygens (including phenoxy) is 2. The van der Waals surface area contributed by atoms with Crippen LogP contribution < -0.4 is 11.2 Å². The van der Waals surface area contributed by atoms with E-state index in [0.29, 0.717) is 13.2 Å². The van der Waals surface area contributed by atoms with Crippen LogP contribution in [0.15, 0.2) is 9.59 Å². The first-order valence-corrected chi connectivity index (χ1v) is 8.04. The summed E-state index contributed by atoms with van der Waals surface area (Å²) in [5.41, 5.74) is -1.85. The summed E-state index contributed by atoms with van der Waals surface area (Å²) in [4.78, 5) is 39.5. The molecule has 0 N–H and O–H groups in total. The average Bonchev–Trinajstić information content (AvgIpc) is 2.93. The second-order valence-electron chi connectivity index (χ2n) is 7.42. The Balaban J connectivity index is 2.19. The molecule has 2 aromatic rings. The molecular weight excluding hydrogens is 346 g/mol. The smallest absolute Gasteiger partial charge is 0.390 e. The van der Waals surface area contributed by atoms with E-state index >= 15 is 0 Å². The first kappa shape index (κ1) is 18.3. The third kappa shape index (κ3) is 2.82. The third-order valence-electron chi connectivity index (χ3n) is 4.57. The number of hydrogen-bond donors (Lipinski definition) is 0. The first-order chi connectivity index (χ1) is 12.0. The number of fused-ring (bicyclic) bond motifs is 1. The Hall–Kier alpha value is -2.53. The minimum Gasteiger partial charge on any atom is -0.390 e. The molecule has 142 valence electrons. The molecule has 0 atom stereocenters. The van der Waals surface area contributed by atoms with Crippen LogP contribution in [0.3, 0.4) is 0 Å². The second-order valence-corrected chi connectivity index (χ2v) is 7.42. The lowest BCUT2D eigenvalue weighted by atomic mass is 9.91. The van der Waals surface area contributed by atoms with E-state index in [0.717, 1.165) is 9.13 Å². The van der Waals surface area contributed by atoms with E-state index in [4.69, 9.17) is 9.47 Å². The Bertz CT molecular complexity index is 1000. The minimum atomic E-state index is -0.734. The predicted octanol–water partition coefficient (Wildman–Crippen LogP) is 0.131. The molecule has 1 aliphatic heterocycles. The molecule has 0 aliphatic carbocycles. The third-order valence-corrected chi connectivity index (χ3v) is 4.57. The van der Waals surface area contributed by atoms with Gasteiger partial charge in [-0.1, -0.05) is 6.92 Å². The monoisotopic (exact) mass is 367 g/mol. The Kier molecular flexibility index (Phi) is 4.03. The Labute approximate surface area is 147 Å². The maximum absolute atomic E-state index is 12.6. The van der Waals surface area contributed by atoms with E-state index in [1.54, 1.807) is 13.8 Å². The van der Waals surface area contributed by atoms with Gasteiger partial charge in [-0.25, -0.2) is 9.36 Å². The summed E-state index contributed by atoms with van der Waals surface area (Å²) in [5, 5.41) is 11.5. The molecule has 3 heterocycles. The fourth-order valence-electron chi connectivity index (χ4n) is 2.98. The lowest BCUT2D eigenvalue weighted by molar-refractivity contribution is -0.397. The summed E-state index contributed by atoms with van der Waals surface area (Å²) in [6, 6.07) is 0. The Morgan fingerprint density at radius 3 is 2.27 bits per heavy atom. The lowest BCUT2D eigenvalue weighted by Crippen LogP contribution is -2.47. The van der Waals surface area contributed by atoms with Gasteiger partial charge >= 0.3 is 11.6 Å². The van der Waals surface area contributed by atoms with Crippen LogP contribution in [-0.2, 0) is 30.1 Å². The standard InChI is InChI=1S/C15H21N5O6/c1-14(2)25-7-15(3,8-26-14)6-19-9-10(16-12(19)20(23)24)17(4)13(22)18(5)11(9)21/h6-8H2,1-5H3. The molecule has 0 saturated carbocycles. The molecule has 1 fully saturated rings. The van der Waals surface area contributed by atoms with Gasteiger partial charge in [0.1, 0.15) is 0 Å². The summed E-state index contributed by atoms with van der Waals surface area (Å²) in [6.07, 6.45) is 0. The van der Waals surface area contributed by atoms with E-state index < -0.39 is 33.3 Å². The van der Waals surface area contributed by atoms with Crippen molar-refractivity contribution in [3.63, 3.8) is 0 Å². The summed E-state index contributed by atoms with van der Waals surface area (Å²) < 4.78 is 14.6. The summed E-state index contributed by atoms with van der Waals surface area (Å²) in [6.45, 7) is 6.10. The predicted molar refractivity (Wildman–Crippen MR) is 91.0 cm³/mol. The molecule has 0 bridgehead atoms. The molecule has 0 spiro atoms. The fraction of sp³-hybridized carbons (Fsp3) is 0.667. The largest absolute Gasteiger partial charge is 0.437 e. The van der Waals surface area contributed by atoms with E-state index in [1.165, 1.54) is 18.7 Å². The van der Waals surface area contributed by atoms with Crippen LogP contribution in [0.2, 0.25) is 0 Å². The molecule has 0 radical (unpaired) electrons. The van der Waals surface area contributed by atoms with Gasteiger partial charge in [0.25, 0.3) is 11.2 Å². The number of nitrogens with zero attached hydrogens (tertiary/aromatic N) is 5. The number of hydrogen-bond acceptors (Lipinski definition) is 7. The van der Waals surface area contributed by atoms with Gasteiger partial charge in [0.05, 0.1) is 19.8 Å². The van der Waals surface area contributed by atoms with Gasteiger partial charge in [-0.05, 0) is 23.8 Å². The summed E-state index contributed by atoms with van der Waals surface area (Å²) in [7, 11) is 2.74. The molecule has 0 aromatic carbocycles. The van der Waals surface area contributed by atoms with Crippen LogP contribution in [0.1, 0.15) is 20.8 Å². The zero-order valence-electron chi connectivity index (χ0n) is 15.3. The molecule has 1 saturated heterocycles. The zero-order valence-corrected chi connectivity index (χ0v) is 15.3. The summed E-state index contributed by atoms with van der Waals surface area (Å²) >= 11 is 0. The highest BCUT2D eigenvalue weighted by molar-refractivity contribution is 5.72. The van der Waals surface area contributed by atoms with Gasteiger partial charge in [0.2, 0.25) is 5.52 Å². The van der Waals surface area contributed by atoms with Crippen molar-refractivity contribution < 1.29 is 14.4 Å². The van der Waals surface area contributed by atoms with Crippen molar-refractivity contribution in [2.24, 2.45) is 19.5 Å². The van der Waals surface area contributed by atoms with Crippen molar-refractivity contribution in [3.8, 4) is 0 Å². The van der Waals surface area contributed by atoms with Gasteiger partial charge in [-0.3, -0.25) is 13.9 Å². The summed E-state index contributed by atoms with van der Waals surface area (Å²) in [5.74, 6) is -1.23. The number of imidazole rings is 1. The maximum atomic E-state index is 12.6. The second kappa shape index (κ2) is 5.74. The number of aryl methyl sites for hydroxylation is 1. The average molecular weight is 367 g/mol. The van der Waals surface area contributed by atoms with Crippen molar-refractivity contribution in [3.05, 3.63) is 31.0 Å². The molecule has 1 aliphatic rings. The molecule has 11 heteroatoms. The van der Waals surface area contributed by atoms with E-state index in [2.05, 4.69) is 4.98 Å². The molecule has 0 unspecified atom stereocenters. The van der Waals surface area contributed by atoms with Crippen molar-refractivity contribution in [2.75, 3.05) is 13.2 Å². The van der Waals surface area contributed by atoms with E-state index in [-0.39, 0.29) is 17.7 Å². The van der Waals surface area contributed by atoms with E-state index in [1.807, 2.05) is 6.92 Å². The van der Waals surface area contributed by atoms with Crippen molar-refractivity contribution in [1.82, 2.24) is 18.7 Å². The molecule has 0 amide bonds. The molecule has 11 nitrogen and oxygen atoms in total. The van der Waals surface area contributed by atoms with Crippen LogP contribution in [0, 0.1) is 15.5 Å². The minimum absolute atomic E-state index is 0.00681. The fourth-order valence-corrected chi connectivity index (χ4v) is 2.98. The van der Waals surface area contributed by atoms with E-state index in [9.17, 15) is 19.7 Å². The van der Waals surface area contributed by atoms with Gasteiger partial charge in [0.15, 0.2) is 5.79 Å². The van der Waals surface area contributed by atoms with Gasteiger partial charge < -0.3 is 19.6 Å². The highest BCUT2D eigenvalue weighted by Gasteiger charge is 2.40. The van der Waals surface area contributed by atoms with Crippen molar-refractivity contribution in [1.29, 1.82) is 0 Å². The highest BCUT2D eigenvalue weighted by atomic mass is 16.7. The number of rotatable bonds is 3. The van der Waals surface area contributed by atoms with Crippen LogP contribution >= 0.6 is 0 Å². The molecule has 3 rings (SSSR count). The van der Waals surface area contributed by atoms with Crippen LogP contribution in [0.5, 0.6) is 0 Å². The normalized spacial score (nSPS) is 19.0. The molecule has 2 aromatic heterocycles. The highest BCUT2D eigenvalue weighted by Crippen LogP contribution is 2.33. The van der Waals surface area contributed by atoms with Gasteiger partial charge in [-0.2, -0.15) is 0 Å². The topological polar surface area (TPSA) is 123 Å². The van der Waals surface area contributed by atoms with Crippen molar-refractivity contribution >= 4 is 17.1 Å².